The van der Waals surface area contributed by atoms with Crippen molar-refractivity contribution in [2.24, 2.45) is 5.73 Å². The van der Waals surface area contributed by atoms with E-state index in [-0.39, 0.29) is 18.0 Å². The Labute approximate surface area is 106 Å². The second-order valence-corrected chi connectivity index (χ2v) is 5.39. The predicted octanol–water partition coefficient (Wildman–Crippen LogP) is -0.476. The maximum absolute atomic E-state index is 11.9. The lowest BCUT2D eigenvalue weighted by Crippen LogP contribution is -2.37. The van der Waals surface area contributed by atoms with Crippen molar-refractivity contribution in [1.82, 2.24) is 10.0 Å². The first-order valence-electron chi connectivity index (χ1n) is 5.22. The van der Waals surface area contributed by atoms with Gasteiger partial charge in [-0.3, -0.25) is 0 Å². The monoisotopic (exact) mass is 272 g/mol. The highest BCUT2D eigenvalue weighted by molar-refractivity contribution is 7.89. The third-order valence-corrected chi connectivity index (χ3v) is 3.94. The second-order valence-electron chi connectivity index (χ2n) is 3.66. The molecule has 18 heavy (non-hydrogen) atoms. The highest BCUT2D eigenvalue weighted by atomic mass is 32.2. The summed E-state index contributed by atoms with van der Waals surface area (Å²) in [4.78, 5) is 10.5. The van der Waals surface area contributed by atoms with Crippen molar-refractivity contribution in [3.8, 4) is 0 Å². The molecule has 2 amide bonds. The summed E-state index contributed by atoms with van der Waals surface area (Å²) in [7, 11) is -3.63. The lowest BCUT2D eigenvalue weighted by molar-refractivity contribution is 0.249. The zero-order valence-electron chi connectivity index (χ0n) is 9.93. The smallest absolute Gasteiger partial charge is 0.312 e. The molecule has 7 nitrogen and oxygen atoms in total. The highest BCUT2D eigenvalue weighted by Gasteiger charge is 2.16. The van der Waals surface area contributed by atoms with Crippen LogP contribution < -0.4 is 21.5 Å². The number of carbonyl (C=O) groups excluding carboxylic acids is 1. The van der Waals surface area contributed by atoms with Crippen LogP contribution >= 0.6 is 0 Å². The third kappa shape index (κ3) is 3.60. The normalized spacial score (nSPS) is 11.2. The summed E-state index contributed by atoms with van der Waals surface area (Å²) in [5.74, 6) is 0. The van der Waals surface area contributed by atoms with E-state index in [0.717, 1.165) is 0 Å². The SMILES string of the molecule is Cc1c(N)cccc1S(=O)(=O)NCCNC(N)=O. The van der Waals surface area contributed by atoms with Crippen LogP contribution in [0.5, 0.6) is 0 Å². The Bertz CT molecular complexity index is 542. The van der Waals surface area contributed by atoms with Gasteiger partial charge in [-0.15, -0.1) is 0 Å². The Kier molecular flexibility index (Phi) is 4.51. The average Bonchev–Trinajstić information content (AvgIpc) is 2.28. The van der Waals surface area contributed by atoms with Crippen molar-refractivity contribution in [3.63, 3.8) is 0 Å². The highest BCUT2D eigenvalue weighted by Crippen LogP contribution is 2.19. The number of nitrogens with one attached hydrogen (secondary N) is 2. The minimum Gasteiger partial charge on any atom is -0.398 e. The number of rotatable bonds is 5. The fraction of sp³-hybridized carbons (Fsp3) is 0.300. The summed E-state index contributed by atoms with van der Waals surface area (Å²) in [6, 6.07) is 3.96. The number of hydrogen-bond donors (Lipinski definition) is 4. The Morgan fingerprint density at radius 3 is 2.61 bits per heavy atom. The van der Waals surface area contributed by atoms with Crippen molar-refractivity contribution in [3.05, 3.63) is 23.8 Å². The number of urea groups is 1. The van der Waals surface area contributed by atoms with Crippen LogP contribution in [0.25, 0.3) is 0 Å². The molecular formula is C10H16N4O3S. The number of amides is 2. The number of benzene rings is 1. The van der Waals surface area contributed by atoms with Gasteiger partial charge in [0.2, 0.25) is 10.0 Å². The van der Waals surface area contributed by atoms with Gasteiger partial charge in [0, 0.05) is 18.8 Å². The van der Waals surface area contributed by atoms with Gasteiger partial charge in [-0.05, 0) is 24.6 Å². The van der Waals surface area contributed by atoms with Gasteiger partial charge in [0.25, 0.3) is 0 Å². The second kappa shape index (κ2) is 5.69. The molecule has 0 unspecified atom stereocenters. The van der Waals surface area contributed by atoms with Crippen LogP contribution in [0.15, 0.2) is 23.1 Å². The molecular weight excluding hydrogens is 256 g/mol. The first-order chi connectivity index (χ1) is 8.34. The predicted molar refractivity (Wildman–Crippen MR) is 68.4 cm³/mol. The number of carbonyl (C=O) groups is 1. The van der Waals surface area contributed by atoms with Gasteiger partial charge in [-0.1, -0.05) is 6.07 Å². The van der Waals surface area contributed by atoms with Gasteiger partial charge in [0.15, 0.2) is 0 Å². The summed E-state index contributed by atoms with van der Waals surface area (Å²) >= 11 is 0. The van der Waals surface area contributed by atoms with Gasteiger partial charge >= 0.3 is 6.03 Å². The first kappa shape index (κ1) is 14.3. The van der Waals surface area contributed by atoms with E-state index < -0.39 is 16.1 Å². The van der Waals surface area contributed by atoms with E-state index >= 15 is 0 Å². The van der Waals surface area contributed by atoms with Crippen molar-refractivity contribution in [1.29, 1.82) is 0 Å². The summed E-state index contributed by atoms with van der Waals surface area (Å²) < 4.78 is 26.2. The van der Waals surface area contributed by atoms with Crippen LogP contribution in [-0.4, -0.2) is 27.5 Å². The molecule has 0 aromatic heterocycles. The van der Waals surface area contributed by atoms with Crippen LogP contribution in [0.2, 0.25) is 0 Å². The number of sulfonamides is 1. The molecule has 0 bridgehead atoms. The Morgan fingerprint density at radius 2 is 2.00 bits per heavy atom. The maximum Gasteiger partial charge on any atom is 0.312 e. The Hall–Kier alpha value is -1.80. The zero-order chi connectivity index (χ0) is 13.8. The molecule has 1 aromatic carbocycles. The lowest BCUT2D eigenvalue weighted by atomic mass is 10.2. The molecule has 0 fully saturated rings. The molecule has 8 heteroatoms. The van der Waals surface area contributed by atoms with E-state index in [1.54, 1.807) is 19.1 Å². The molecule has 0 heterocycles. The fourth-order valence-corrected chi connectivity index (χ4v) is 2.68. The molecule has 1 aromatic rings. The molecule has 0 radical (unpaired) electrons. The van der Waals surface area contributed by atoms with E-state index in [1.807, 2.05) is 0 Å². The molecule has 6 N–H and O–H groups in total. The van der Waals surface area contributed by atoms with Crippen LogP contribution in [-0.2, 0) is 10.0 Å². The molecule has 0 saturated carbocycles. The average molecular weight is 272 g/mol. The molecule has 100 valence electrons. The number of nitrogens with two attached hydrogens (primary N) is 2. The number of hydrogen-bond acceptors (Lipinski definition) is 4. The largest absolute Gasteiger partial charge is 0.398 e. The molecule has 0 aliphatic rings. The summed E-state index contributed by atoms with van der Waals surface area (Å²) in [6.07, 6.45) is 0. The van der Waals surface area contributed by atoms with Crippen LogP contribution in [0.1, 0.15) is 5.56 Å². The topological polar surface area (TPSA) is 127 Å². The van der Waals surface area contributed by atoms with Crippen LogP contribution in [0.3, 0.4) is 0 Å². The Balaban J connectivity index is 2.75. The van der Waals surface area contributed by atoms with Crippen molar-refractivity contribution >= 4 is 21.7 Å². The van der Waals surface area contributed by atoms with Gasteiger partial charge in [-0.2, -0.15) is 0 Å². The summed E-state index contributed by atoms with van der Waals surface area (Å²) in [5, 5.41) is 2.28. The van der Waals surface area contributed by atoms with E-state index in [4.69, 9.17) is 11.5 Å². The third-order valence-electron chi connectivity index (χ3n) is 2.33. The van der Waals surface area contributed by atoms with Crippen molar-refractivity contribution in [2.75, 3.05) is 18.8 Å². The molecule has 0 saturated heterocycles. The fourth-order valence-electron chi connectivity index (χ4n) is 1.37. The summed E-state index contributed by atoms with van der Waals surface area (Å²) in [5.41, 5.74) is 11.4. The summed E-state index contributed by atoms with van der Waals surface area (Å²) in [6.45, 7) is 1.81. The van der Waals surface area contributed by atoms with Gasteiger partial charge in [-0.25, -0.2) is 17.9 Å². The van der Waals surface area contributed by atoms with Crippen LogP contribution in [0.4, 0.5) is 10.5 Å². The van der Waals surface area contributed by atoms with Gasteiger partial charge < -0.3 is 16.8 Å². The molecule has 0 atom stereocenters. The van der Waals surface area contributed by atoms with E-state index in [2.05, 4.69) is 10.0 Å². The number of anilines is 1. The zero-order valence-corrected chi connectivity index (χ0v) is 10.8. The van der Waals surface area contributed by atoms with E-state index in [9.17, 15) is 13.2 Å². The molecule has 0 spiro atoms. The minimum atomic E-state index is -3.63. The maximum atomic E-state index is 11.9. The van der Waals surface area contributed by atoms with Crippen molar-refractivity contribution in [2.45, 2.75) is 11.8 Å². The van der Waals surface area contributed by atoms with E-state index in [0.29, 0.717) is 11.3 Å². The van der Waals surface area contributed by atoms with Crippen LogP contribution in [0, 0.1) is 6.92 Å². The molecule has 0 aliphatic heterocycles. The number of primary amides is 1. The first-order valence-corrected chi connectivity index (χ1v) is 6.71. The molecule has 1 rings (SSSR count). The standard InChI is InChI=1S/C10H16N4O3S/c1-7-8(11)3-2-4-9(7)18(16,17)14-6-5-13-10(12)15/h2-4,14H,5-6,11H2,1H3,(H3,12,13,15). The van der Waals surface area contributed by atoms with E-state index in [1.165, 1.54) is 6.07 Å². The number of nitrogen functional groups attached to an aromatic ring is 1. The Morgan fingerprint density at radius 1 is 1.33 bits per heavy atom. The quantitative estimate of drug-likeness (QED) is 0.426. The van der Waals surface area contributed by atoms with Gasteiger partial charge in [0.1, 0.15) is 0 Å². The minimum absolute atomic E-state index is 0.0551. The van der Waals surface area contributed by atoms with Crippen molar-refractivity contribution < 1.29 is 13.2 Å². The van der Waals surface area contributed by atoms with Gasteiger partial charge in [0.05, 0.1) is 4.90 Å². The molecule has 0 aliphatic carbocycles. The lowest BCUT2D eigenvalue weighted by Gasteiger charge is -2.10.